The maximum Gasteiger partial charge on any atom is 0.157 e. The lowest BCUT2D eigenvalue weighted by atomic mass is 10.2. The van der Waals surface area contributed by atoms with Crippen LogP contribution in [0.3, 0.4) is 0 Å². The fraction of sp³-hybridized carbons (Fsp3) is 0.286. The molecule has 0 fully saturated rings. The standard InChI is InChI=1S/C14H18N4OS/c1-3-19-9-13-16-12(18-15)8-14(17-13)20-11-6-4-5-10(2)7-11/h4-8H,3,9,15H2,1-2H3,(H,16,17,18). The van der Waals surface area contributed by atoms with E-state index in [0.29, 0.717) is 24.9 Å². The first kappa shape index (κ1) is 14.8. The second-order valence-corrected chi connectivity index (χ2v) is 5.30. The van der Waals surface area contributed by atoms with Crippen LogP contribution in [0, 0.1) is 6.92 Å². The monoisotopic (exact) mass is 290 g/mol. The highest BCUT2D eigenvalue weighted by atomic mass is 32.2. The molecule has 106 valence electrons. The summed E-state index contributed by atoms with van der Waals surface area (Å²) in [5.41, 5.74) is 3.78. The van der Waals surface area contributed by atoms with Gasteiger partial charge in [0, 0.05) is 17.6 Å². The van der Waals surface area contributed by atoms with Gasteiger partial charge >= 0.3 is 0 Å². The molecule has 20 heavy (non-hydrogen) atoms. The molecule has 6 heteroatoms. The van der Waals surface area contributed by atoms with Gasteiger partial charge in [-0.3, -0.25) is 0 Å². The number of nitrogens with zero attached hydrogens (tertiary/aromatic N) is 2. The predicted molar refractivity (Wildman–Crippen MR) is 80.5 cm³/mol. The van der Waals surface area contributed by atoms with Gasteiger partial charge in [-0.1, -0.05) is 29.5 Å². The summed E-state index contributed by atoms with van der Waals surface area (Å²) in [5.74, 6) is 6.65. The van der Waals surface area contributed by atoms with Crippen LogP contribution in [0.2, 0.25) is 0 Å². The largest absolute Gasteiger partial charge is 0.374 e. The maximum absolute atomic E-state index is 5.44. The Morgan fingerprint density at radius 2 is 2.15 bits per heavy atom. The lowest BCUT2D eigenvalue weighted by Crippen LogP contribution is -2.11. The molecular weight excluding hydrogens is 272 g/mol. The third-order valence-electron chi connectivity index (χ3n) is 2.54. The lowest BCUT2D eigenvalue weighted by Gasteiger charge is -2.08. The van der Waals surface area contributed by atoms with E-state index in [9.17, 15) is 0 Å². The highest BCUT2D eigenvalue weighted by Gasteiger charge is 2.06. The Bertz CT molecular complexity index is 577. The van der Waals surface area contributed by atoms with Crippen LogP contribution in [0.25, 0.3) is 0 Å². The van der Waals surface area contributed by atoms with Crippen molar-refractivity contribution in [2.45, 2.75) is 30.4 Å². The van der Waals surface area contributed by atoms with Gasteiger partial charge in [0.1, 0.15) is 17.5 Å². The zero-order valence-corrected chi connectivity index (χ0v) is 12.4. The van der Waals surface area contributed by atoms with E-state index >= 15 is 0 Å². The smallest absolute Gasteiger partial charge is 0.157 e. The molecular formula is C14H18N4OS. The second kappa shape index (κ2) is 7.23. The molecule has 2 aromatic rings. The van der Waals surface area contributed by atoms with E-state index in [2.05, 4.69) is 40.5 Å². The number of nitrogens with two attached hydrogens (primary N) is 1. The minimum Gasteiger partial charge on any atom is -0.374 e. The van der Waals surface area contributed by atoms with Gasteiger partial charge in [0.15, 0.2) is 5.82 Å². The predicted octanol–water partition coefficient (Wildman–Crippen LogP) is 2.76. The average Bonchev–Trinajstić information content (AvgIpc) is 2.45. The Kier molecular flexibility index (Phi) is 5.34. The van der Waals surface area contributed by atoms with Gasteiger partial charge in [-0.25, -0.2) is 15.8 Å². The number of rotatable bonds is 6. The Morgan fingerprint density at radius 3 is 2.85 bits per heavy atom. The number of hydrogen-bond acceptors (Lipinski definition) is 6. The molecule has 0 aliphatic rings. The first-order valence-corrected chi connectivity index (χ1v) is 7.19. The summed E-state index contributed by atoms with van der Waals surface area (Å²) in [7, 11) is 0. The second-order valence-electron chi connectivity index (χ2n) is 4.21. The third-order valence-corrected chi connectivity index (χ3v) is 3.45. The average molecular weight is 290 g/mol. The Morgan fingerprint density at radius 1 is 1.30 bits per heavy atom. The molecule has 1 aromatic carbocycles. The molecule has 0 amide bonds. The zero-order chi connectivity index (χ0) is 14.4. The van der Waals surface area contributed by atoms with Crippen molar-refractivity contribution in [2.24, 2.45) is 5.84 Å². The Balaban J connectivity index is 2.21. The molecule has 0 spiro atoms. The molecule has 5 nitrogen and oxygen atoms in total. The summed E-state index contributed by atoms with van der Waals surface area (Å²) < 4.78 is 5.34. The number of ether oxygens (including phenoxy) is 1. The van der Waals surface area contributed by atoms with Crippen molar-refractivity contribution in [1.29, 1.82) is 0 Å². The van der Waals surface area contributed by atoms with Gasteiger partial charge in [0.2, 0.25) is 0 Å². The molecule has 0 aliphatic carbocycles. The van der Waals surface area contributed by atoms with Crippen molar-refractivity contribution in [2.75, 3.05) is 12.0 Å². The number of benzene rings is 1. The van der Waals surface area contributed by atoms with Crippen molar-refractivity contribution >= 4 is 17.6 Å². The van der Waals surface area contributed by atoms with Gasteiger partial charge in [-0.15, -0.1) is 0 Å². The molecule has 0 radical (unpaired) electrons. The number of nitrogens with one attached hydrogen (secondary N) is 1. The van der Waals surface area contributed by atoms with Gasteiger partial charge in [-0.05, 0) is 26.0 Å². The van der Waals surface area contributed by atoms with Crippen LogP contribution in [0.4, 0.5) is 5.82 Å². The summed E-state index contributed by atoms with van der Waals surface area (Å²) in [6.07, 6.45) is 0. The van der Waals surface area contributed by atoms with E-state index in [1.165, 1.54) is 5.56 Å². The molecule has 0 saturated heterocycles. The number of aryl methyl sites for hydroxylation is 1. The molecule has 0 atom stereocenters. The molecule has 0 aliphatic heterocycles. The normalized spacial score (nSPS) is 10.6. The van der Waals surface area contributed by atoms with E-state index in [0.717, 1.165) is 9.92 Å². The van der Waals surface area contributed by atoms with Crippen molar-refractivity contribution in [3.05, 3.63) is 41.7 Å². The van der Waals surface area contributed by atoms with Crippen molar-refractivity contribution in [3.8, 4) is 0 Å². The molecule has 2 rings (SSSR count). The van der Waals surface area contributed by atoms with Crippen LogP contribution in [0.5, 0.6) is 0 Å². The number of hydrazine groups is 1. The van der Waals surface area contributed by atoms with Crippen molar-refractivity contribution in [3.63, 3.8) is 0 Å². The van der Waals surface area contributed by atoms with Crippen molar-refractivity contribution < 1.29 is 4.74 Å². The first-order chi connectivity index (χ1) is 9.71. The summed E-state index contributed by atoms with van der Waals surface area (Å²) in [4.78, 5) is 9.87. The number of hydrogen-bond donors (Lipinski definition) is 2. The van der Waals surface area contributed by atoms with Crippen LogP contribution < -0.4 is 11.3 Å². The maximum atomic E-state index is 5.44. The summed E-state index contributed by atoms with van der Waals surface area (Å²) in [6, 6.07) is 10.1. The van der Waals surface area contributed by atoms with Crippen LogP contribution in [-0.2, 0) is 11.3 Å². The minimum absolute atomic E-state index is 0.382. The molecule has 0 saturated carbocycles. The SMILES string of the molecule is CCOCc1nc(NN)cc(Sc2cccc(C)c2)n1. The number of nitrogen functional groups attached to an aromatic ring is 1. The first-order valence-electron chi connectivity index (χ1n) is 6.38. The highest BCUT2D eigenvalue weighted by molar-refractivity contribution is 7.99. The fourth-order valence-electron chi connectivity index (χ4n) is 1.66. The Hall–Kier alpha value is -1.63. The van der Waals surface area contributed by atoms with Crippen molar-refractivity contribution in [1.82, 2.24) is 9.97 Å². The molecule has 0 unspecified atom stereocenters. The van der Waals surface area contributed by atoms with E-state index in [4.69, 9.17) is 10.6 Å². The zero-order valence-electron chi connectivity index (χ0n) is 11.6. The fourth-order valence-corrected chi connectivity index (χ4v) is 2.61. The third kappa shape index (κ3) is 4.19. The topological polar surface area (TPSA) is 73.1 Å². The lowest BCUT2D eigenvalue weighted by molar-refractivity contribution is 0.128. The number of aromatic nitrogens is 2. The van der Waals surface area contributed by atoms with E-state index in [1.807, 2.05) is 19.1 Å². The highest BCUT2D eigenvalue weighted by Crippen LogP contribution is 2.27. The molecule has 3 N–H and O–H groups in total. The molecule has 0 bridgehead atoms. The van der Waals surface area contributed by atoms with Gasteiger partial charge in [0.25, 0.3) is 0 Å². The van der Waals surface area contributed by atoms with E-state index < -0.39 is 0 Å². The van der Waals surface area contributed by atoms with Crippen LogP contribution in [0.15, 0.2) is 40.3 Å². The van der Waals surface area contributed by atoms with Crippen LogP contribution in [-0.4, -0.2) is 16.6 Å². The molecule has 1 heterocycles. The summed E-state index contributed by atoms with van der Waals surface area (Å²) in [5, 5.41) is 0.841. The van der Waals surface area contributed by atoms with E-state index in [-0.39, 0.29) is 0 Å². The Labute approximate surface area is 122 Å². The summed E-state index contributed by atoms with van der Waals surface area (Å²) in [6.45, 7) is 5.02. The number of anilines is 1. The van der Waals surface area contributed by atoms with Gasteiger partial charge in [-0.2, -0.15) is 0 Å². The van der Waals surface area contributed by atoms with Gasteiger partial charge < -0.3 is 10.2 Å². The minimum atomic E-state index is 0.382. The quantitative estimate of drug-likeness (QED) is 0.484. The molecule has 1 aromatic heterocycles. The summed E-state index contributed by atoms with van der Waals surface area (Å²) >= 11 is 1.58. The van der Waals surface area contributed by atoms with Crippen LogP contribution in [0.1, 0.15) is 18.3 Å². The van der Waals surface area contributed by atoms with Gasteiger partial charge in [0.05, 0.1) is 0 Å². The van der Waals surface area contributed by atoms with E-state index in [1.54, 1.807) is 11.8 Å². The van der Waals surface area contributed by atoms with Crippen LogP contribution >= 0.6 is 11.8 Å².